The number of hydrogen-bond acceptors (Lipinski definition) is 5. The van der Waals surface area contributed by atoms with E-state index >= 15 is 0 Å². The predicted octanol–water partition coefficient (Wildman–Crippen LogP) is 3.31. The number of nitrogens with zero attached hydrogens (tertiary/aromatic N) is 2. The largest absolute Gasteiger partial charge is 0.427 e. The monoisotopic (exact) mass is 267 g/mol. The third kappa shape index (κ3) is 2.76. The molecule has 6 heteroatoms. The number of anilines is 1. The smallest absolute Gasteiger partial charge is 0.298 e. The van der Waals surface area contributed by atoms with Gasteiger partial charge in [0.05, 0.1) is 0 Å². The van der Waals surface area contributed by atoms with E-state index in [1.165, 1.54) is 6.07 Å². The van der Waals surface area contributed by atoms with E-state index in [9.17, 15) is 4.39 Å². The zero-order chi connectivity index (χ0) is 13.1. The SMILES string of the molecule is CCCc1nsc(Oc2cc(C)c(N)cc2F)n1. The van der Waals surface area contributed by atoms with Gasteiger partial charge in [0.2, 0.25) is 0 Å². The molecule has 0 saturated heterocycles. The maximum absolute atomic E-state index is 13.6. The quantitative estimate of drug-likeness (QED) is 0.863. The van der Waals surface area contributed by atoms with Crippen LogP contribution in [0.5, 0.6) is 10.9 Å². The number of rotatable bonds is 4. The van der Waals surface area contributed by atoms with Gasteiger partial charge in [-0.25, -0.2) is 4.39 Å². The van der Waals surface area contributed by atoms with Crippen LogP contribution in [0.4, 0.5) is 10.1 Å². The van der Waals surface area contributed by atoms with Gasteiger partial charge in [-0.2, -0.15) is 9.36 Å². The van der Waals surface area contributed by atoms with Gasteiger partial charge in [0.25, 0.3) is 5.19 Å². The average molecular weight is 267 g/mol. The average Bonchev–Trinajstić information content (AvgIpc) is 2.74. The van der Waals surface area contributed by atoms with Gasteiger partial charge in [-0.15, -0.1) is 0 Å². The third-order valence-corrected chi connectivity index (χ3v) is 3.07. The summed E-state index contributed by atoms with van der Waals surface area (Å²) in [5.74, 6) is 0.358. The zero-order valence-corrected chi connectivity index (χ0v) is 11.1. The van der Waals surface area contributed by atoms with Crippen molar-refractivity contribution in [3.63, 3.8) is 0 Å². The molecule has 0 aliphatic carbocycles. The fourth-order valence-corrected chi connectivity index (χ4v) is 2.04. The van der Waals surface area contributed by atoms with E-state index in [2.05, 4.69) is 9.36 Å². The Bertz CT molecular complexity index is 556. The summed E-state index contributed by atoms with van der Waals surface area (Å²) >= 11 is 1.12. The van der Waals surface area contributed by atoms with Gasteiger partial charge >= 0.3 is 0 Å². The molecule has 0 radical (unpaired) electrons. The maximum atomic E-state index is 13.6. The molecule has 0 fully saturated rings. The third-order valence-electron chi connectivity index (χ3n) is 2.44. The van der Waals surface area contributed by atoms with E-state index in [0.717, 1.165) is 35.8 Å². The molecule has 0 aliphatic heterocycles. The number of aryl methyl sites for hydroxylation is 2. The highest BCUT2D eigenvalue weighted by molar-refractivity contribution is 7.07. The van der Waals surface area contributed by atoms with Gasteiger partial charge in [-0.05, 0) is 25.0 Å². The number of halogens is 1. The summed E-state index contributed by atoms with van der Waals surface area (Å²) in [4.78, 5) is 4.18. The van der Waals surface area contributed by atoms with Gasteiger partial charge in [0.15, 0.2) is 11.6 Å². The number of nitrogens with two attached hydrogens (primary N) is 1. The summed E-state index contributed by atoms with van der Waals surface area (Å²) in [7, 11) is 0. The second-order valence-electron chi connectivity index (χ2n) is 3.97. The van der Waals surface area contributed by atoms with Crippen molar-refractivity contribution in [1.29, 1.82) is 0 Å². The van der Waals surface area contributed by atoms with Gasteiger partial charge in [-0.3, -0.25) is 0 Å². The minimum Gasteiger partial charge on any atom is -0.427 e. The maximum Gasteiger partial charge on any atom is 0.298 e. The molecule has 2 aromatic rings. The van der Waals surface area contributed by atoms with Gasteiger partial charge in [0, 0.05) is 29.7 Å². The lowest BCUT2D eigenvalue weighted by Crippen LogP contribution is -1.95. The molecule has 0 bridgehead atoms. The fourth-order valence-electron chi connectivity index (χ4n) is 1.45. The molecular formula is C12H14FN3OS. The van der Waals surface area contributed by atoms with Crippen molar-refractivity contribution in [2.75, 3.05) is 5.73 Å². The highest BCUT2D eigenvalue weighted by atomic mass is 32.1. The molecule has 0 saturated carbocycles. The van der Waals surface area contributed by atoms with E-state index in [1.807, 2.05) is 6.92 Å². The Morgan fingerprint density at radius 2 is 2.22 bits per heavy atom. The summed E-state index contributed by atoms with van der Waals surface area (Å²) in [6.07, 6.45) is 1.76. The van der Waals surface area contributed by atoms with Crippen molar-refractivity contribution >= 4 is 17.2 Å². The summed E-state index contributed by atoms with van der Waals surface area (Å²) in [6.45, 7) is 3.84. The van der Waals surface area contributed by atoms with Crippen molar-refractivity contribution in [1.82, 2.24) is 9.36 Å². The van der Waals surface area contributed by atoms with Crippen LogP contribution in [0.15, 0.2) is 12.1 Å². The number of aromatic nitrogens is 2. The molecule has 0 atom stereocenters. The lowest BCUT2D eigenvalue weighted by Gasteiger charge is -2.06. The highest BCUT2D eigenvalue weighted by Crippen LogP contribution is 2.29. The lowest BCUT2D eigenvalue weighted by molar-refractivity contribution is 0.438. The van der Waals surface area contributed by atoms with Crippen LogP contribution in [0.2, 0.25) is 0 Å². The Balaban J connectivity index is 2.20. The van der Waals surface area contributed by atoms with E-state index in [1.54, 1.807) is 13.0 Å². The van der Waals surface area contributed by atoms with Gasteiger partial charge < -0.3 is 10.5 Å². The summed E-state index contributed by atoms with van der Waals surface area (Å²) in [5, 5.41) is 0.349. The number of ether oxygens (including phenoxy) is 1. The molecule has 0 amide bonds. The van der Waals surface area contributed by atoms with Crippen molar-refractivity contribution in [2.24, 2.45) is 0 Å². The van der Waals surface area contributed by atoms with Crippen LogP contribution < -0.4 is 10.5 Å². The standard InChI is InChI=1S/C12H14FN3OS/c1-3-4-11-15-12(18-16-11)17-10-5-7(2)9(14)6-8(10)13/h5-6H,3-4,14H2,1-2H3. The molecule has 96 valence electrons. The second kappa shape index (κ2) is 5.30. The molecule has 2 rings (SSSR count). The molecule has 1 aromatic heterocycles. The first-order valence-electron chi connectivity index (χ1n) is 5.66. The highest BCUT2D eigenvalue weighted by Gasteiger charge is 2.11. The van der Waals surface area contributed by atoms with Crippen LogP contribution in [0, 0.1) is 12.7 Å². The molecule has 1 aromatic carbocycles. The summed E-state index contributed by atoms with van der Waals surface area (Å²) in [5.41, 5.74) is 6.78. The first-order valence-corrected chi connectivity index (χ1v) is 6.43. The van der Waals surface area contributed by atoms with Crippen molar-refractivity contribution < 1.29 is 9.13 Å². The van der Waals surface area contributed by atoms with E-state index in [4.69, 9.17) is 10.5 Å². The fraction of sp³-hybridized carbons (Fsp3) is 0.333. The first-order chi connectivity index (χ1) is 8.60. The predicted molar refractivity (Wildman–Crippen MR) is 69.5 cm³/mol. The van der Waals surface area contributed by atoms with Gasteiger partial charge in [-0.1, -0.05) is 6.92 Å². The van der Waals surface area contributed by atoms with Crippen molar-refractivity contribution in [3.8, 4) is 10.9 Å². The van der Waals surface area contributed by atoms with Crippen molar-refractivity contribution in [2.45, 2.75) is 26.7 Å². The Hall–Kier alpha value is -1.69. The number of benzene rings is 1. The van der Waals surface area contributed by atoms with Crippen molar-refractivity contribution in [3.05, 3.63) is 29.3 Å². The van der Waals surface area contributed by atoms with E-state index in [-0.39, 0.29) is 5.75 Å². The van der Waals surface area contributed by atoms with Crippen LogP contribution >= 0.6 is 11.5 Å². The lowest BCUT2D eigenvalue weighted by atomic mass is 10.2. The topological polar surface area (TPSA) is 61.0 Å². The van der Waals surface area contributed by atoms with E-state index in [0.29, 0.717) is 10.9 Å². The molecule has 2 N–H and O–H groups in total. The molecule has 0 spiro atoms. The summed E-state index contributed by atoms with van der Waals surface area (Å²) in [6, 6.07) is 2.81. The molecule has 18 heavy (non-hydrogen) atoms. The molecular weight excluding hydrogens is 253 g/mol. The van der Waals surface area contributed by atoms with Gasteiger partial charge in [0.1, 0.15) is 5.82 Å². The van der Waals surface area contributed by atoms with E-state index < -0.39 is 5.82 Å². The Morgan fingerprint density at radius 3 is 2.94 bits per heavy atom. The number of nitrogen functional groups attached to an aromatic ring is 1. The second-order valence-corrected chi connectivity index (χ2v) is 4.68. The van der Waals surface area contributed by atoms with Crippen LogP contribution in [-0.4, -0.2) is 9.36 Å². The van der Waals surface area contributed by atoms with Crippen LogP contribution in [-0.2, 0) is 6.42 Å². The normalized spacial score (nSPS) is 10.6. The minimum absolute atomic E-state index is 0.126. The van der Waals surface area contributed by atoms with Crippen LogP contribution in [0.25, 0.3) is 0 Å². The van der Waals surface area contributed by atoms with Crippen LogP contribution in [0.3, 0.4) is 0 Å². The molecule has 0 aliphatic rings. The first kappa shape index (κ1) is 12.8. The number of hydrogen-bond donors (Lipinski definition) is 1. The molecule has 1 heterocycles. The zero-order valence-electron chi connectivity index (χ0n) is 10.2. The summed E-state index contributed by atoms with van der Waals surface area (Å²) < 4.78 is 23.1. The van der Waals surface area contributed by atoms with Crippen LogP contribution in [0.1, 0.15) is 24.7 Å². The Kier molecular flexibility index (Phi) is 3.76. The Morgan fingerprint density at radius 1 is 1.44 bits per heavy atom. The molecule has 0 unspecified atom stereocenters. The molecule has 4 nitrogen and oxygen atoms in total. The Labute approximate surface area is 109 Å². The minimum atomic E-state index is -0.495.